The maximum absolute atomic E-state index is 13.1. The molecular weight excluding hydrogens is 481 g/mol. The van der Waals surface area contributed by atoms with Crippen LogP contribution in [-0.2, 0) is 14.3 Å². The zero-order chi connectivity index (χ0) is 24.8. The second-order valence-electron chi connectivity index (χ2n) is 7.72. The molecule has 0 aromatic heterocycles. The van der Waals surface area contributed by atoms with Crippen LogP contribution in [0.3, 0.4) is 0 Å². The van der Waals surface area contributed by atoms with E-state index in [4.69, 9.17) is 37.4 Å². The molecule has 1 unspecified atom stereocenters. The molecule has 1 N–H and O–H groups in total. The lowest BCUT2D eigenvalue weighted by molar-refractivity contribution is -0.140. The molecule has 0 spiro atoms. The number of benzene rings is 2. The van der Waals surface area contributed by atoms with Crippen molar-refractivity contribution in [2.75, 3.05) is 34.0 Å². The van der Waals surface area contributed by atoms with Crippen molar-refractivity contribution < 1.29 is 28.9 Å². The third kappa shape index (κ3) is 5.32. The summed E-state index contributed by atoms with van der Waals surface area (Å²) in [5.74, 6) is -1.16. The maximum atomic E-state index is 13.1. The number of aliphatic hydroxyl groups excluding tert-OH is 1. The minimum absolute atomic E-state index is 0.0858. The number of methoxy groups -OCH3 is 2. The highest BCUT2D eigenvalue weighted by Crippen LogP contribution is 2.43. The predicted octanol–water partition coefficient (Wildman–Crippen LogP) is 5.25. The van der Waals surface area contributed by atoms with Gasteiger partial charge < -0.3 is 24.2 Å². The van der Waals surface area contributed by atoms with Crippen molar-refractivity contribution in [2.24, 2.45) is 0 Å². The van der Waals surface area contributed by atoms with Crippen LogP contribution in [0, 0.1) is 0 Å². The quantitative estimate of drug-likeness (QED) is 0.204. The summed E-state index contributed by atoms with van der Waals surface area (Å²) >= 11 is 12.4. The fourth-order valence-electron chi connectivity index (χ4n) is 3.82. The summed E-state index contributed by atoms with van der Waals surface area (Å²) < 4.78 is 16.2. The van der Waals surface area contributed by atoms with Gasteiger partial charge in [0.05, 0.1) is 42.5 Å². The second kappa shape index (κ2) is 11.6. The number of aliphatic hydroxyl groups is 1. The monoisotopic (exact) mass is 507 g/mol. The molecule has 0 bridgehead atoms. The van der Waals surface area contributed by atoms with Gasteiger partial charge in [-0.2, -0.15) is 0 Å². The number of amides is 1. The average Bonchev–Trinajstić information content (AvgIpc) is 3.07. The molecule has 182 valence electrons. The van der Waals surface area contributed by atoms with E-state index >= 15 is 0 Å². The third-order valence-corrected chi connectivity index (χ3v) is 6.01. The number of carbonyl (C=O) groups excluding carboxylic acids is 2. The second-order valence-corrected chi connectivity index (χ2v) is 8.57. The Labute approximate surface area is 208 Å². The van der Waals surface area contributed by atoms with Crippen molar-refractivity contribution in [1.29, 1.82) is 0 Å². The molecule has 0 saturated carbocycles. The van der Waals surface area contributed by atoms with Crippen LogP contribution in [0.4, 0.5) is 0 Å². The molecule has 0 aliphatic carbocycles. The summed E-state index contributed by atoms with van der Waals surface area (Å²) in [5, 5.41) is 11.7. The number of Topliss-reactive ketones (excluding diaryl/α,β-unsaturated/α-hetero) is 1. The number of halogens is 2. The Kier molecular flexibility index (Phi) is 8.83. The predicted molar refractivity (Wildman–Crippen MR) is 131 cm³/mol. The fourth-order valence-corrected chi connectivity index (χ4v) is 4.39. The van der Waals surface area contributed by atoms with Gasteiger partial charge >= 0.3 is 0 Å². The highest BCUT2D eigenvalue weighted by Gasteiger charge is 2.46. The summed E-state index contributed by atoms with van der Waals surface area (Å²) in [7, 11) is 2.89. The first-order chi connectivity index (χ1) is 16.3. The van der Waals surface area contributed by atoms with Crippen molar-refractivity contribution in [2.45, 2.75) is 25.8 Å². The van der Waals surface area contributed by atoms with Crippen LogP contribution in [0.5, 0.6) is 11.5 Å². The zero-order valence-electron chi connectivity index (χ0n) is 19.3. The summed E-state index contributed by atoms with van der Waals surface area (Å²) in [6.07, 6.45) is 1.95. The molecule has 9 heteroatoms. The first-order valence-electron chi connectivity index (χ1n) is 10.9. The van der Waals surface area contributed by atoms with Gasteiger partial charge in [0.25, 0.3) is 11.7 Å². The molecule has 1 aliphatic rings. The van der Waals surface area contributed by atoms with Crippen LogP contribution >= 0.6 is 23.2 Å². The molecule has 1 fully saturated rings. The van der Waals surface area contributed by atoms with Gasteiger partial charge in [-0.25, -0.2) is 0 Å². The number of rotatable bonds is 10. The number of hydrogen-bond donors (Lipinski definition) is 1. The summed E-state index contributed by atoms with van der Waals surface area (Å²) in [5.41, 5.74) is 0.665. The Morgan fingerprint density at radius 3 is 2.41 bits per heavy atom. The van der Waals surface area contributed by atoms with Gasteiger partial charge in [-0.1, -0.05) is 48.7 Å². The Morgan fingerprint density at radius 2 is 1.79 bits per heavy atom. The van der Waals surface area contributed by atoms with E-state index in [9.17, 15) is 14.7 Å². The fraction of sp³-hybridized carbons (Fsp3) is 0.360. The van der Waals surface area contributed by atoms with E-state index in [0.717, 1.165) is 12.8 Å². The number of nitrogens with zero attached hydrogens (tertiary/aromatic N) is 1. The summed E-state index contributed by atoms with van der Waals surface area (Å²) in [6, 6.07) is 9.15. The molecule has 7 nitrogen and oxygen atoms in total. The number of ketones is 1. The number of likely N-dealkylation sites (tertiary alicyclic amines) is 1. The molecule has 1 amide bonds. The molecule has 0 radical (unpaired) electrons. The van der Waals surface area contributed by atoms with Crippen LogP contribution < -0.4 is 9.47 Å². The number of hydrogen-bond acceptors (Lipinski definition) is 6. The van der Waals surface area contributed by atoms with Crippen molar-refractivity contribution in [3.8, 4) is 11.5 Å². The lowest BCUT2D eigenvalue weighted by Gasteiger charge is -2.25. The average molecular weight is 508 g/mol. The number of ether oxygens (including phenoxy) is 3. The zero-order valence-corrected chi connectivity index (χ0v) is 20.8. The standard InChI is InChI=1S/C25H27Cl2NO6/c1-4-5-11-34-17-8-6-15(7-9-17)21-20(23(30)25(31)28(21)10-12-32-2)22(29)18-13-16(26)14-19(27)24(18)33-3/h6-9,13-14,21,29H,4-5,10-12H2,1-3H3/b22-20+. The van der Waals surface area contributed by atoms with Gasteiger partial charge in [0.15, 0.2) is 0 Å². The van der Waals surface area contributed by atoms with Crippen molar-refractivity contribution >= 4 is 40.7 Å². The minimum atomic E-state index is -0.845. The van der Waals surface area contributed by atoms with Crippen LogP contribution in [0.1, 0.15) is 36.9 Å². The normalized spacial score (nSPS) is 17.3. The van der Waals surface area contributed by atoms with Crippen molar-refractivity contribution in [3.63, 3.8) is 0 Å². The van der Waals surface area contributed by atoms with Crippen LogP contribution in [0.15, 0.2) is 42.0 Å². The lowest BCUT2D eigenvalue weighted by Crippen LogP contribution is -2.32. The maximum Gasteiger partial charge on any atom is 0.295 e. The smallest absolute Gasteiger partial charge is 0.295 e. The van der Waals surface area contributed by atoms with Gasteiger partial charge in [0.1, 0.15) is 17.3 Å². The van der Waals surface area contributed by atoms with E-state index in [1.807, 2.05) is 0 Å². The highest BCUT2D eigenvalue weighted by molar-refractivity contribution is 6.46. The van der Waals surface area contributed by atoms with E-state index < -0.39 is 23.5 Å². The molecule has 34 heavy (non-hydrogen) atoms. The summed E-state index contributed by atoms with van der Waals surface area (Å²) in [6.45, 7) is 3.05. The van der Waals surface area contributed by atoms with Gasteiger partial charge in [0, 0.05) is 18.7 Å². The van der Waals surface area contributed by atoms with E-state index in [1.54, 1.807) is 24.3 Å². The van der Waals surface area contributed by atoms with Gasteiger partial charge in [-0.3, -0.25) is 9.59 Å². The Bertz CT molecular complexity index is 1080. The first-order valence-corrected chi connectivity index (χ1v) is 11.6. The Hall–Kier alpha value is -2.74. The minimum Gasteiger partial charge on any atom is -0.507 e. The van der Waals surface area contributed by atoms with Gasteiger partial charge in [-0.15, -0.1) is 0 Å². The topological polar surface area (TPSA) is 85.3 Å². The Balaban J connectivity index is 2.13. The van der Waals surface area contributed by atoms with Gasteiger partial charge in [-0.05, 0) is 36.2 Å². The number of unbranched alkanes of at least 4 members (excludes halogenated alkanes) is 1. The molecule has 2 aromatic rings. The van der Waals surface area contributed by atoms with Gasteiger partial charge in [0.2, 0.25) is 0 Å². The van der Waals surface area contributed by atoms with Crippen LogP contribution in [0.2, 0.25) is 10.0 Å². The Morgan fingerprint density at radius 1 is 1.09 bits per heavy atom. The molecule has 3 rings (SSSR count). The summed E-state index contributed by atoms with van der Waals surface area (Å²) in [4.78, 5) is 27.4. The third-order valence-electron chi connectivity index (χ3n) is 5.51. The number of carbonyl (C=O) groups is 2. The molecular formula is C25H27Cl2NO6. The van der Waals surface area contributed by atoms with E-state index in [2.05, 4.69) is 6.92 Å². The SMILES string of the molecule is CCCCOc1ccc(C2/C(=C(\O)c3cc(Cl)cc(Cl)c3OC)C(=O)C(=O)N2CCOC)cc1. The highest BCUT2D eigenvalue weighted by atomic mass is 35.5. The van der Waals surface area contributed by atoms with Crippen molar-refractivity contribution in [3.05, 3.63) is 63.1 Å². The lowest BCUT2D eigenvalue weighted by atomic mass is 9.95. The van der Waals surface area contributed by atoms with E-state index in [-0.39, 0.29) is 40.1 Å². The molecule has 1 saturated heterocycles. The van der Waals surface area contributed by atoms with Crippen LogP contribution in [0.25, 0.3) is 5.76 Å². The van der Waals surface area contributed by atoms with E-state index in [0.29, 0.717) is 17.9 Å². The van der Waals surface area contributed by atoms with Crippen molar-refractivity contribution in [1.82, 2.24) is 4.90 Å². The van der Waals surface area contributed by atoms with Crippen LogP contribution in [-0.4, -0.2) is 55.7 Å². The molecule has 1 aliphatic heterocycles. The molecule has 1 atom stereocenters. The molecule has 2 aromatic carbocycles. The van der Waals surface area contributed by atoms with E-state index in [1.165, 1.54) is 31.3 Å². The largest absolute Gasteiger partial charge is 0.507 e. The first kappa shape index (κ1) is 25.9. The molecule has 1 heterocycles.